The smallest absolute Gasteiger partial charge is 0.410 e. The molecule has 1 spiro atoms. The average molecular weight is 475 g/mol. The molecule has 1 aromatic heterocycles. The number of amides is 1. The second-order valence-corrected chi connectivity index (χ2v) is 12.9. The first-order valence-electron chi connectivity index (χ1n) is 13.2. The standard InChI is InChI=1S/C27H46N4O3/c1-25(2,3)34-24(32)30(7)16-15-29(6)17-21-23(22-9-8-14-31(22)28-21)20-10-12-27(13-11-20)18-26(4,5)19-33-27/h20H,8-19H2,1-7H3/t20-,27-. The molecule has 0 atom stereocenters. The SMILES string of the molecule is CN(CCN(C)C(=O)OC(C)(C)C)Cc1nn2c(c1[C@H]1CC[C@]3(CC1)CC(C)(C)CO3)CCC2. The lowest BCUT2D eigenvalue weighted by atomic mass is 9.71. The minimum absolute atomic E-state index is 0.111. The minimum atomic E-state index is -0.471. The lowest BCUT2D eigenvalue weighted by Crippen LogP contribution is -2.38. The summed E-state index contributed by atoms with van der Waals surface area (Å²) in [5.74, 6) is 0.590. The van der Waals surface area contributed by atoms with Gasteiger partial charge in [0, 0.05) is 44.5 Å². The molecular weight excluding hydrogens is 428 g/mol. The molecule has 4 rings (SSSR count). The Morgan fingerprint density at radius 2 is 1.91 bits per heavy atom. The van der Waals surface area contributed by atoms with Crippen molar-refractivity contribution in [2.75, 3.05) is 33.8 Å². The third-order valence-corrected chi connectivity index (χ3v) is 7.78. The normalized spacial score (nSPS) is 26.3. The van der Waals surface area contributed by atoms with Gasteiger partial charge in [-0.15, -0.1) is 0 Å². The van der Waals surface area contributed by atoms with E-state index in [9.17, 15) is 4.79 Å². The van der Waals surface area contributed by atoms with Gasteiger partial charge in [-0.25, -0.2) is 4.79 Å². The molecule has 0 N–H and O–H groups in total. The number of carbonyl (C=O) groups excluding carboxylic acids is 1. The second kappa shape index (κ2) is 9.45. The Labute approximate surface area is 206 Å². The monoisotopic (exact) mass is 474 g/mol. The molecule has 3 aliphatic rings. The van der Waals surface area contributed by atoms with E-state index in [1.54, 1.807) is 4.90 Å². The van der Waals surface area contributed by atoms with Crippen molar-refractivity contribution in [1.29, 1.82) is 0 Å². The van der Waals surface area contributed by atoms with Crippen molar-refractivity contribution in [1.82, 2.24) is 19.6 Å². The quantitative estimate of drug-likeness (QED) is 0.583. The largest absolute Gasteiger partial charge is 0.444 e. The predicted molar refractivity (Wildman–Crippen MR) is 134 cm³/mol. The van der Waals surface area contributed by atoms with Crippen molar-refractivity contribution < 1.29 is 14.3 Å². The summed E-state index contributed by atoms with van der Waals surface area (Å²) in [4.78, 5) is 16.2. The first-order valence-corrected chi connectivity index (χ1v) is 13.2. The molecule has 0 aromatic carbocycles. The molecule has 0 radical (unpaired) electrons. The molecule has 1 aliphatic carbocycles. The van der Waals surface area contributed by atoms with Crippen molar-refractivity contribution >= 4 is 6.09 Å². The third kappa shape index (κ3) is 5.78. The highest BCUT2D eigenvalue weighted by Gasteiger charge is 2.47. The zero-order valence-corrected chi connectivity index (χ0v) is 22.6. The molecule has 1 saturated heterocycles. The van der Waals surface area contributed by atoms with E-state index in [4.69, 9.17) is 14.6 Å². The van der Waals surface area contributed by atoms with Crippen molar-refractivity contribution in [2.24, 2.45) is 5.41 Å². The summed E-state index contributed by atoms with van der Waals surface area (Å²) in [5, 5.41) is 5.07. The second-order valence-electron chi connectivity index (χ2n) is 12.9. The van der Waals surface area contributed by atoms with Gasteiger partial charge in [0.25, 0.3) is 0 Å². The fraction of sp³-hybridized carbons (Fsp3) is 0.852. The number of aryl methyl sites for hydroxylation is 1. The molecule has 1 saturated carbocycles. The van der Waals surface area contributed by atoms with Crippen molar-refractivity contribution in [3.63, 3.8) is 0 Å². The summed E-state index contributed by atoms with van der Waals surface area (Å²) in [6.45, 7) is 14.6. The number of fused-ring (bicyclic) bond motifs is 1. The molecule has 7 heteroatoms. The Morgan fingerprint density at radius 1 is 1.21 bits per heavy atom. The summed E-state index contributed by atoms with van der Waals surface area (Å²) < 4.78 is 14.1. The van der Waals surface area contributed by atoms with Gasteiger partial charge < -0.3 is 14.4 Å². The maximum Gasteiger partial charge on any atom is 0.410 e. The molecular formula is C27H46N4O3. The van der Waals surface area contributed by atoms with Crippen LogP contribution in [0, 0.1) is 5.41 Å². The van der Waals surface area contributed by atoms with Crippen LogP contribution < -0.4 is 0 Å². The van der Waals surface area contributed by atoms with Crippen molar-refractivity contribution in [2.45, 2.75) is 110 Å². The summed E-state index contributed by atoms with van der Waals surface area (Å²) >= 11 is 0. The molecule has 7 nitrogen and oxygen atoms in total. The van der Waals surface area contributed by atoms with Gasteiger partial charge in [-0.3, -0.25) is 9.58 Å². The van der Waals surface area contributed by atoms with E-state index in [0.29, 0.717) is 17.9 Å². The lowest BCUT2D eigenvalue weighted by molar-refractivity contribution is -0.0294. The predicted octanol–water partition coefficient (Wildman–Crippen LogP) is 4.97. The Kier molecular flexibility index (Phi) is 7.09. The number of hydrogen-bond acceptors (Lipinski definition) is 5. The number of aromatic nitrogens is 2. The number of nitrogens with zero attached hydrogens (tertiary/aromatic N) is 4. The van der Waals surface area contributed by atoms with E-state index in [1.807, 2.05) is 27.8 Å². The topological polar surface area (TPSA) is 59.8 Å². The number of likely N-dealkylation sites (N-methyl/N-ethyl adjacent to an activating group) is 2. The Hall–Kier alpha value is -1.60. The fourth-order valence-electron chi connectivity index (χ4n) is 6.16. The van der Waals surface area contributed by atoms with Crippen LogP contribution in [0.4, 0.5) is 4.79 Å². The maximum atomic E-state index is 12.3. The molecule has 2 aliphatic heterocycles. The highest BCUT2D eigenvalue weighted by Crippen LogP contribution is 2.50. The zero-order valence-electron chi connectivity index (χ0n) is 22.6. The maximum absolute atomic E-state index is 12.3. The lowest BCUT2D eigenvalue weighted by Gasteiger charge is -2.37. The molecule has 2 fully saturated rings. The van der Waals surface area contributed by atoms with E-state index in [-0.39, 0.29) is 11.7 Å². The van der Waals surface area contributed by atoms with Crippen LogP contribution in [-0.4, -0.2) is 70.7 Å². The first-order chi connectivity index (χ1) is 15.9. The van der Waals surface area contributed by atoms with E-state index >= 15 is 0 Å². The molecule has 3 heterocycles. The highest BCUT2D eigenvalue weighted by molar-refractivity contribution is 5.67. The van der Waals surface area contributed by atoms with Gasteiger partial charge in [-0.1, -0.05) is 13.8 Å². The van der Waals surface area contributed by atoms with E-state index < -0.39 is 5.60 Å². The minimum Gasteiger partial charge on any atom is -0.444 e. The number of hydrogen-bond donors (Lipinski definition) is 0. The molecule has 0 unspecified atom stereocenters. The van der Waals surface area contributed by atoms with E-state index in [0.717, 1.165) is 32.7 Å². The summed E-state index contributed by atoms with van der Waals surface area (Å²) in [7, 11) is 3.93. The first kappa shape index (κ1) is 25.5. The molecule has 34 heavy (non-hydrogen) atoms. The molecule has 192 valence electrons. The van der Waals surface area contributed by atoms with Crippen LogP contribution in [0.1, 0.15) is 96.0 Å². The van der Waals surface area contributed by atoms with Gasteiger partial charge in [-0.05, 0) is 84.1 Å². The van der Waals surface area contributed by atoms with E-state index in [1.165, 1.54) is 55.5 Å². The van der Waals surface area contributed by atoms with Gasteiger partial charge in [-0.2, -0.15) is 5.10 Å². The van der Waals surface area contributed by atoms with Gasteiger partial charge >= 0.3 is 6.09 Å². The fourth-order valence-corrected chi connectivity index (χ4v) is 6.16. The molecule has 0 bridgehead atoms. The summed E-state index contributed by atoms with van der Waals surface area (Å²) in [6.07, 6.45) is 8.03. The van der Waals surface area contributed by atoms with Crippen LogP contribution in [0.25, 0.3) is 0 Å². The number of ether oxygens (including phenoxy) is 2. The Morgan fingerprint density at radius 3 is 2.53 bits per heavy atom. The molecule has 1 aromatic rings. The van der Waals surface area contributed by atoms with Crippen LogP contribution >= 0.6 is 0 Å². The third-order valence-electron chi connectivity index (χ3n) is 7.78. The Balaban J connectivity index is 1.38. The van der Waals surface area contributed by atoms with Gasteiger partial charge in [0.05, 0.1) is 17.9 Å². The average Bonchev–Trinajstić information content (AvgIpc) is 3.39. The highest BCUT2D eigenvalue weighted by atomic mass is 16.6. The van der Waals surface area contributed by atoms with Crippen LogP contribution in [-0.2, 0) is 29.0 Å². The van der Waals surface area contributed by atoms with Crippen LogP contribution in [0.15, 0.2) is 0 Å². The van der Waals surface area contributed by atoms with Crippen molar-refractivity contribution in [3.05, 3.63) is 17.0 Å². The summed E-state index contributed by atoms with van der Waals surface area (Å²) in [6, 6.07) is 0. The van der Waals surface area contributed by atoms with Gasteiger partial charge in [0.1, 0.15) is 5.60 Å². The van der Waals surface area contributed by atoms with Crippen LogP contribution in [0.2, 0.25) is 0 Å². The van der Waals surface area contributed by atoms with E-state index in [2.05, 4.69) is 30.5 Å². The Bertz CT molecular complexity index is 877. The van der Waals surface area contributed by atoms with Crippen molar-refractivity contribution in [3.8, 4) is 0 Å². The van der Waals surface area contributed by atoms with Crippen LogP contribution in [0.3, 0.4) is 0 Å². The molecule has 1 amide bonds. The number of rotatable bonds is 6. The van der Waals surface area contributed by atoms with Crippen LogP contribution in [0.5, 0.6) is 0 Å². The summed E-state index contributed by atoms with van der Waals surface area (Å²) in [5.41, 5.74) is 4.19. The van der Waals surface area contributed by atoms with Gasteiger partial charge in [0.15, 0.2) is 0 Å². The number of carbonyl (C=O) groups is 1. The zero-order chi connectivity index (χ0) is 24.7. The van der Waals surface area contributed by atoms with Gasteiger partial charge in [0.2, 0.25) is 0 Å².